The van der Waals surface area contributed by atoms with Gasteiger partial charge in [0, 0.05) is 11.1 Å². The monoisotopic (exact) mass is 337 g/mol. The van der Waals surface area contributed by atoms with Crippen LogP contribution < -0.4 is 10.1 Å². The summed E-state index contributed by atoms with van der Waals surface area (Å²) in [7, 11) is 1.47. The Morgan fingerprint density at radius 1 is 1.04 bits per heavy atom. The number of hydrogen-bond donors (Lipinski definition) is 1. The van der Waals surface area contributed by atoms with E-state index in [-0.39, 0.29) is 16.8 Å². The van der Waals surface area contributed by atoms with Crippen molar-refractivity contribution in [2.75, 3.05) is 12.4 Å². The Labute approximate surface area is 136 Å². The first-order chi connectivity index (χ1) is 11.2. The number of anilines is 1. The van der Waals surface area contributed by atoms with Crippen LogP contribution in [-0.2, 0) is 6.18 Å². The van der Waals surface area contributed by atoms with Gasteiger partial charge in [-0.25, -0.2) is 0 Å². The molecule has 0 spiro atoms. The molecular weight excluding hydrogens is 323 g/mol. The Balaban J connectivity index is 2.35. The van der Waals surface area contributed by atoms with Crippen molar-refractivity contribution in [1.82, 2.24) is 0 Å². The number of methoxy groups -OCH3 is 1. The van der Waals surface area contributed by atoms with Gasteiger partial charge < -0.3 is 10.1 Å². The number of carbonyl (C=O) groups excluding carboxylic acids is 2. The Morgan fingerprint density at radius 3 is 2.17 bits per heavy atom. The molecule has 2 aromatic carbocycles. The summed E-state index contributed by atoms with van der Waals surface area (Å²) in [5.41, 5.74) is -0.900. The summed E-state index contributed by atoms with van der Waals surface area (Å²) in [6, 6.07) is 8.64. The van der Waals surface area contributed by atoms with Gasteiger partial charge in [0.2, 0.25) is 0 Å². The van der Waals surface area contributed by atoms with Crippen LogP contribution in [0.25, 0.3) is 0 Å². The van der Waals surface area contributed by atoms with Crippen LogP contribution in [0, 0.1) is 0 Å². The summed E-state index contributed by atoms with van der Waals surface area (Å²) >= 11 is 0. The molecule has 2 aromatic rings. The highest BCUT2D eigenvalue weighted by atomic mass is 19.4. The molecular formula is C17H14F3NO3. The van der Waals surface area contributed by atoms with Gasteiger partial charge in [-0.1, -0.05) is 0 Å². The number of hydrogen-bond acceptors (Lipinski definition) is 3. The maximum absolute atomic E-state index is 12.8. The molecule has 7 heteroatoms. The Hall–Kier alpha value is -2.83. The average molecular weight is 337 g/mol. The molecule has 0 radical (unpaired) electrons. The smallest absolute Gasteiger partial charge is 0.416 e. The minimum absolute atomic E-state index is 0.00450. The predicted octanol–water partition coefficient (Wildman–Crippen LogP) is 4.17. The molecule has 0 saturated heterocycles. The van der Waals surface area contributed by atoms with E-state index in [0.717, 1.165) is 18.2 Å². The molecule has 0 aliphatic heterocycles. The molecule has 24 heavy (non-hydrogen) atoms. The summed E-state index contributed by atoms with van der Waals surface area (Å²) in [5, 5.41) is 2.36. The van der Waals surface area contributed by atoms with Crippen molar-refractivity contribution in [2.24, 2.45) is 0 Å². The third-order valence-electron chi connectivity index (χ3n) is 3.33. The van der Waals surface area contributed by atoms with E-state index in [2.05, 4.69) is 5.32 Å². The first kappa shape index (κ1) is 17.5. The number of halogens is 3. The molecule has 0 aromatic heterocycles. The van der Waals surface area contributed by atoms with Crippen LogP contribution in [0.2, 0.25) is 0 Å². The quantitative estimate of drug-likeness (QED) is 0.852. The number of amides is 1. The molecule has 0 saturated carbocycles. The number of Topliss-reactive ketones (excluding diaryl/α,β-unsaturated/α-hetero) is 1. The molecule has 126 valence electrons. The topological polar surface area (TPSA) is 55.4 Å². The molecule has 1 N–H and O–H groups in total. The van der Waals surface area contributed by atoms with E-state index in [1.54, 1.807) is 12.1 Å². The highest BCUT2D eigenvalue weighted by Crippen LogP contribution is 2.32. The summed E-state index contributed by atoms with van der Waals surface area (Å²) in [5.74, 6) is -0.539. The summed E-state index contributed by atoms with van der Waals surface area (Å²) < 4.78 is 43.5. The molecule has 0 unspecified atom stereocenters. The number of ketones is 1. The van der Waals surface area contributed by atoms with E-state index in [0.29, 0.717) is 5.75 Å². The highest BCUT2D eigenvalue weighted by molar-refractivity contribution is 6.09. The lowest BCUT2D eigenvalue weighted by atomic mass is 10.0. The Morgan fingerprint density at radius 2 is 1.67 bits per heavy atom. The lowest BCUT2D eigenvalue weighted by molar-refractivity contribution is -0.137. The van der Waals surface area contributed by atoms with Crippen molar-refractivity contribution < 1.29 is 27.5 Å². The Kier molecular flexibility index (Phi) is 4.92. The maximum atomic E-state index is 12.8. The van der Waals surface area contributed by atoms with Gasteiger partial charge in [0.25, 0.3) is 5.91 Å². The fourth-order valence-electron chi connectivity index (χ4n) is 2.07. The zero-order valence-corrected chi connectivity index (χ0v) is 12.9. The standard InChI is InChI=1S/C17H14F3NO3/c1-10(22)14-8-5-12(17(18,19)20)9-15(14)21-16(23)11-3-6-13(24-2)7-4-11/h3-9H,1-2H3,(H,21,23). The van der Waals surface area contributed by atoms with Crippen LogP contribution in [0.5, 0.6) is 5.75 Å². The van der Waals surface area contributed by atoms with E-state index >= 15 is 0 Å². The molecule has 0 atom stereocenters. The second-order valence-corrected chi connectivity index (χ2v) is 5.00. The van der Waals surface area contributed by atoms with E-state index in [1.807, 2.05) is 0 Å². The number of nitrogens with one attached hydrogen (secondary N) is 1. The summed E-state index contributed by atoms with van der Waals surface area (Å²) in [6.07, 6.45) is -4.57. The largest absolute Gasteiger partial charge is 0.497 e. The summed E-state index contributed by atoms with van der Waals surface area (Å²) in [4.78, 5) is 23.8. The average Bonchev–Trinajstić information content (AvgIpc) is 2.53. The fourth-order valence-corrected chi connectivity index (χ4v) is 2.07. The minimum Gasteiger partial charge on any atom is -0.497 e. The van der Waals surface area contributed by atoms with E-state index in [9.17, 15) is 22.8 Å². The third kappa shape index (κ3) is 3.92. The van der Waals surface area contributed by atoms with Gasteiger partial charge in [0.1, 0.15) is 5.75 Å². The predicted molar refractivity (Wildman–Crippen MR) is 82.4 cm³/mol. The van der Waals surface area contributed by atoms with E-state index < -0.39 is 23.4 Å². The van der Waals surface area contributed by atoms with Crippen LogP contribution >= 0.6 is 0 Å². The van der Waals surface area contributed by atoms with Crippen molar-refractivity contribution in [3.8, 4) is 5.75 Å². The van der Waals surface area contributed by atoms with Crippen LogP contribution in [0.3, 0.4) is 0 Å². The van der Waals surface area contributed by atoms with Gasteiger partial charge in [0.15, 0.2) is 5.78 Å². The fraction of sp³-hybridized carbons (Fsp3) is 0.176. The lowest BCUT2D eigenvalue weighted by Gasteiger charge is -2.13. The zero-order valence-electron chi connectivity index (χ0n) is 12.9. The summed E-state index contributed by atoms with van der Waals surface area (Å²) in [6.45, 7) is 1.21. The van der Waals surface area contributed by atoms with Gasteiger partial charge >= 0.3 is 6.18 Å². The zero-order chi connectivity index (χ0) is 17.9. The van der Waals surface area contributed by atoms with Crippen molar-refractivity contribution in [3.05, 3.63) is 59.2 Å². The second kappa shape index (κ2) is 6.74. The minimum atomic E-state index is -4.57. The first-order valence-corrected chi connectivity index (χ1v) is 6.90. The molecule has 4 nitrogen and oxygen atoms in total. The van der Waals surface area contributed by atoms with Gasteiger partial charge in [-0.2, -0.15) is 13.2 Å². The van der Waals surface area contributed by atoms with Crippen LogP contribution in [0.15, 0.2) is 42.5 Å². The van der Waals surface area contributed by atoms with Crippen molar-refractivity contribution in [2.45, 2.75) is 13.1 Å². The van der Waals surface area contributed by atoms with Gasteiger partial charge in [-0.05, 0) is 49.4 Å². The van der Waals surface area contributed by atoms with Gasteiger partial charge in [-0.15, -0.1) is 0 Å². The van der Waals surface area contributed by atoms with E-state index in [1.165, 1.54) is 26.2 Å². The molecule has 1 amide bonds. The van der Waals surface area contributed by atoms with Gasteiger partial charge in [-0.3, -0.25) is 9.59 Å². The van der Waals surface area contributed by atoms with Crippen molar-refractivity contribution in [1.29, 1.82) is 0 Å². The van der Waals surface area contributed by atoms with Crippen molar-refractivity contribution >= 4 is 17.4 Å². The second-order valence-electron chi connectivity index (χ2n) is 5.00. The molecule has 0 aliphatic carbocycles. The van der Waals surface area contributed by atoms with Crippen LogP contribution in [-0.4, -0.2) is 18.8 Å². The normalized spacial score (nSPS) is 11.0. The third-order valence-corrected chi connectivity index (χ3v) is 3.33. The Bertz CT molecular complexity index is 768. The molecule has 0 bridgehead atoms. The lowest BCUT2D eigenvalue weighted by Crippen LogP contribution is -2.16. The van der Waals surface area contributed by atoms with Gasteiger partial charge in [0.05, 0.1) is 18.4 Å². The highest BCUT2D eigenvalue weighted by Gasteiger charge is 2.31. The maximum Gasteiger partial charge on any atom is 0.416 e. The molecule has 0 fully saturated rings. The number of rotatable bonds is 4. The number of ether oxygens (including phenoxy) is 1. The number of carbonyl (C=O) groups is 2. The number of benzene rings is 2. The van der Waals surface area contributed by atoms with Crippen molar-refractivity contribution in [3.63, 3.8) is 0 Å². The molecule has 2 rings (SSSR count). The van der Waals surface area contributed by atoms with Crippen LogP contribution in [0.1, 0.15) is 33.2 Å². The number of alkyl halides is 3. The molecule has 0 heterocycles. The SMILES string of the molecule is COc1ccc(C(=O)Nc2cc(C(F)(F)F)ccc2C(C)=O)cc1. The molecule has 0 aliphatic rings. The van der Waals surface area contributed by atoms with Crippen LogP contribution in [0.4, 0.5) is 18.9 Å². The van der Waals surface area contributed by atoms with E-state index in [4.69, 9.17) is 4.74 Å². The first-order valence-electron chi connectivity index (χ1n) is 6.90.